The van der Waals surface area contributed by atoms with E-state index in [9.17, 15) is 87.8 Å². The van der Waals surface area contributed by atoms with E-state index in [4.69, 9.17) is 101 Å². The molecular formula is C65H91N24O36P3. The molecule has 18 N–H and O–H groups in total. The van der Waals surface area contributed by atoms with E-state index in [0.717, 1.165) is 32.7 Å². The second-order valence-corrected chi connectivity index (χ2v) is 32.9. The number of aryl methyl sites for hydroxylation is 3. The van der Waals surface area contributed by atoms with E-state index >= 15 is 0 Å². The number of aromatic amines is 3. The highest BCUT2D eigenvalue weighted by Gasteiger charge is 2.56. The van der Waals surface area contributed by atoms with Gasteiger partial charge in [0.2, 0.25) is 17.8 Å². The molecule has 6 aliphatic heterocycles. The van der Waals surface area contributed by atoms with Gasteiger partial charge in [-0.3, -0.25) is 68.9 Å². The van der Waals surface area contributed by atoms with Gasteiger partial charge >= 0.3 is 40.5 Å². The fourth-order valence-electron chi connectivity index (χ4n) is 14.9. The molecule has 15 rings (SSSR count). The average molecular weight is 1880 g/mol. The molecule has 0 radical (unpaired) electrons. The van der Waals surface area contributed by atoms with Crippen LogP contribution >= 0.6 is 23.5 Å². The van der Waals surface area contributed by atoms with Crippen LogP contribution in [0.3, 0.4) is 0 Å². The molecule has 128 heavy (non-hydrogen) atoms. The van der Waals surface area contributed by atoms with Gasteiger partial charge in [0, 0.05) is 41.7 Å². The number of hydrogen-bond acceptors (Lipinski definition) is 48. The zero-order chi connectivity index (χ0) is 92.4. The summed E-state index contributed by atoms with van der Waals surface area (Å²) in [6.07, 6.45) is -21.8. The number of fused-ring (bicyclic) bond motifs is 3. The predicted molar refractivity (Wildman–Crippen MR) is 419 cm³/mol. The maximum Gasteiger partial charge on any atom is 0.472 e. The molecule has 6 aliphatic rings. The van der Waals surface area contributed by atoms with Crippen LogP contribution in [0.1, 0.15) is 68.7 Å². The Kier molecular flexibility index (Phi) is 30.1. The zero-order valence-electron chi connectivity index (χ0n) is 68.6. The predicted octanol–water partition coefficient (Wildman–Crippen LogP) is -7.19. The van der Waals surface area contributed by atoms with Crippen LogP contribution < -0.4 is 50.9 Å². The number of H-pyrrole nitrogens is 3. The number of nitrogen functional groups attached to an aromatic ring is 3. The highest BCUT2D eigenvalue weighted by Crippen LogP contribution is 2.53. The lowest BCUT2D eigenvalue weighted by molar-refractivity contribution is -0.0732. The Balaban J connectivity index is 0.000000164. The number of phosphoric ester groups is 3. The van der Waals surface area contributed by atoms with Gasteiger partial charge in [-0.05, 0) is 34.6 Å². The van der Waals surface area contributed by atoms with E-state index in [-0.39, 0.29) is 64.6 Å². The first-order chi connectivity index (χ1) is 60.9. The number of nitrogens with one attached hydrogen (secondary N) is 3. The summed E-state index contributed by atoms with van der Waals surface area (Å²) in [7, 11) is -9.70. The van der Waals surface area contributed by atoms with Crippen molar-refractivity contribution < 1.29 is 143 Å². The van der Waals surface area contributed by atoms with Gasteiger partial charge < -0.3 is 134 Å². The van der Waals surface area contributed by atoms with Crippen molar-refractivity contribution in [3.63, 3.8) is 0 Å². The summed E-state index contributed by atoms with van der Waals surface area (Å²) in [5.41, 5.74) is 13.0. The number of ether oxygens (including phenoxy) is 12. The Morgan fingerprint density at radius 1 is 0.367 bits per heavy atom. The van der Waals surface area contributed by atoms with Crippen molar-refractivity contribution >= 4 is 74.8 Å². The largest absolute Gasteiger partial charge is 0.472 e. The molecule has 9 aromatic heterocycles. The van der Waals surface area contributed by atoms with Crippen molar-refractivity contribution in [2.24, 2.45) is 0 Å². The molecule has 0 aliphatic carbocycles. The van der Waals surface area contributed by atoms with Gasteiger partial charge in [0.15, 0.2) is 70.9 Å². The van der Waals surface area contributed by atoms with Crippen molar-refractivity contribution in [3.8, 4) is 0 Å². The highest BCUT2D eigenvalue weighted by molar-refractivity contribution is 7.48. The van der Waals surface area contributed by atoms with Crippen LogP contribution in [-0.4, -0.2) is 339 Å². The van der Waals surface area contributed by atoms with Crippen LogP contribution in [0.25, 0.3) is 33.5 Å². The lowest BCUT2D eigenvalue weighted by Gasteiger charge is -2.26. The Hall–Kier alpha value is -9.51. The van der Waals surface area contributed by atoms with Crippen LogP contribution in [0.2, 0.25) is 0 Å². The molecule has 6 saturated heterocycles. The number of nitrogens with two attached hydrogens (primary N) is 3. The Morgan fingerprint density at radius 3 is 0.914 bits per heavy atom. The lowest BCUT2D eigenvalue weighted by Crippen LogP contribution is -2.40. The van der Waals surface area contributed by atoms with E-state index in [0.29, 0.717) is 17.5 Å². The van der Waals surface area contributed by atoms with E-state index in [1.54, 1.807) is 34.6 Å². The molecule has 9 aromatic rings. The first-order valence-electron chi connectivity index (χ1n) is 38.5. The number of aromatic nitrogens is 21. The molecule has 15 heterocycles. The highest BCUT2D eigenvalue weighted by atomic mass is 31.2. The van der Waals surface area contributed by atoms with Crippen LogP contribution in [0.5, 0.6) is 0 Å². The molecule has 0 amide bonds. The number of methoxy groups -OCH3 is 4. The topological polar surface area (TPSA) is 812 Å². The van der Waals surface area contributed by atoms with Crippen LogP contribution in [0.15, 0.2) is 66.7 Å². The van der Waals surface area contributed by atoms with E-state index in [2.05, 4.69) is 74.8 Å². The number of hydrogen-bond donors (Lipinski definition) is 15. The maximum absolute atomic E-state index is 13.1. The number of aliphatic hydroxyl groups excluding tert-OH is 6. The van der Waals surface area contributed by atoms with Gasteiger partial charge in [0.05, 0.1) is 58.6 Å². The second kappa shape index (κ2) is 40.1. The normalized spacial score (nSPS) is 30.8. The summed E-state index contributed by atoms with van der Waals surface area (Å²) in [6.45, 7) is 4.41. The minimum absolute atomic E-state index is 0.0238. The van der Waals surface area contributed by atoms with E-state index < -0.39 is 244 Å². The molecule has 0 saturated carbocycles. The summed E-state index contributed by atoms with van der Waals surface area (Å²) in [4.78, 5) is 160. The van der Waals surface area contributed by atoms with E-state index in [1.807, 2.05) is 0 Å². The minimum Gasteiger partial charge on any atom is -0.394 e. The second-order valence-electron chi connectivity index (χ2n) is 28.7. The van der Waals surface area contributed by atoms with Gasteiger partial charge in [-0.1, -0.05) is 0 Å². The van der Waals surface area contributed by atoms with Gasteiger partial charge in [-0.2, -0.15) is 15.0 Å². The molecule has 702 valence electrons. The van der Waals surface area contributed by atoms with Crippen molar-refractivity contribution in [2.45, 2.75) is 182 Å². The van der Waals surface area contributed by atoms with Gasteiger partial charge in [-0.25, -0.2) is 72.9 Å². The zero-order valence-corrected chi connectivity index (χ0v) is 71.3. The summed E-state index contributed by atoms with van der Waals surface area (Å²) >= 11 is 0. The van der Waals surface area contributed by atoms with Crippen LogP contribution in [0.4, 0.5) is 17.8 Å². The van der Waals surface area contributed by atoms with Crippen LogP contribution in [-0.2, 0) is 97.7 Å². The molecule has 27 atom stereocenters. The molecule has 0 bridgehead atoms. The molecule has 0 spiro atoms. The number of nitrogens with zero attached hydrogens (tertiary/aromatic N) is 18. The smallest absolute Gasteiger partial charge is 0.394 e. The molecule has 6 fully saturated rings. The monoisotopic (exact) mass is 1880 g/mol. The van der Waals surface area contributed by atoms with Crippen molar-refractivity contribution in [1.29, 1.82) is 0 Å². The summed E-state index contributed by atoms with van der Waals surface area (Å²) in [6, 6.07) is 0. The number of phosphoric acid groups is 3. The first kappa shape index (κ1) is 96.1. The number of imidazole rings is 3. The molecular weight excluding hydrogens is 1790 g/mol. The fourth-order valence-corrected chi connectivity index (χ4v) is 17.8. The fraction of sp³-hybridized carbons (Fsp3) is 0.631. The Bertz CT molecular complexity index is 5940. The van der Waals surface area contributed by atoms with Crippen molar-refractivity contribution in [3.05, 3.63) is 118 Å². The van der Waals surface area contributed by atoms with E-state index in [1.165, 1.54) is 61.1 Å². The van der Waals surface area contributed by atoms with Crippen LogP contribution in [0, 0.1) is 20.8 Å². The molecule has 60 nitrogen and oxygen atoms in total. The average Bonchev–Trinajstić information content (AvgIpc) is 1.68. The third-order valence-corrected chi connectivity index (χ3v) is 23.6. The number of rotatable bonds is 32. The third kappa shape index (κ3) is 20.2. The van der Waals surface area contributed by atoms with Gasteiger partial charge in [0.1, 0.15) is 146 Å². The molecule has 63 heteroatoms. The van der Waals surface area contributed by atoms with Gasteiger partial charge in [0.25, 0.3) is 16.7 Å². The molecule has 0 aromatic carbocycles. The lowest BCUT2D eigenvalue weighted by atomic mass is 10.1. The van der Waals surface area contributed by atoms with Crippen molar-refractivity contribution in [2.75, 3.05) is 98.5 Å². The maximum atomic E-state index is 13.1. The quantitative estimate of drug-likeness (QED) is 0.0174. The third-order valence-electron chi connectivity index (χ3n) is 20.6. The van der Waals surface area contributed by atoms with Crippen molar-refractivity contribution in [1.82, 2.24) is 102 Å². The number of anilines is 3. The SMILES string of the molecule is CCOC1[C@@H](OP(=O)(O)OC[C@H]2O[C@@H](n3cnc4c(=O)[nH]c(C)nc43)C(OCC)[C@H]2O)[C@@H](CO)O[C@H]1n1cnc(N)nc1=O.COC1[C@@H](O)[C@@H](COP(=O)(O)O[C@@H]2C(OC)[C@H](n3cnc4c(=O)[nH]c(C)nc43)O[C@@H]2CO)O[C@H]1n1cnc(N)nc1=O.COC1[C@@H](OP(=O)(O)OC[C@H]2O[C@@H](n3cnc4c(=O)[nH]c(C)nc43)C(OC)[C@H]2O)[C@@H](CO)O[C@H]1n1cnc(N)nc1=O. The Morgan fingerprint density at radius 2 is 0.617 bits per heavy atom. The minimum atomic E-state index is -4.96. The first-order valence-corrected chi connectivity index (χ1v) is 42.9. The summed E-state index contributed by atoms with van der Waals surface area (Å²) < 4.78 is 145. The standard InChI is InChI=1S/C23H33N8O12P.2C21H29N8O12P/c1-4-38-16-14(33)12(42-20(16)30-8-25-13-18(30)27-10(3)28-19(13)34)7-40-44(36,37)43-15-11(6-32)41-21(17(15)39-5-2)31-9-26-22(24)29-23(31)35;1-8-25-16-11(17(32)26-8)23-6-28(16)19-15(37-3)13(9(4-30)39-19)41-42(34,35)38-5-10-12(31)14(36-2)18(40-10)29-7-24-20(22)27-21(29)33;1-8-25-16-11(17(32)26-8)23-6-28(16)18-14(36-2)12(31)10(40-18)5-38-42(34,35)41-13-9(4-30)39-19(15(13)37-3)29-7-24-20(22)27-21(29)33/h8-9,11-12,14-17,20-21,32-33H,4-7H2,1-3H3,(H,36,37)(H2,24,29,35)(H,27,28,34);2*6-7,9-10,12-15,18-19,30-31H,4-5H2,1-3H3,(H,34,35)(H2,22,27,33)(H,25,26,32)/t11-,12-,14+,15+,16?,17?,20-,21-;2*9-,10-,12+,13+,14?,15?,18-,19-/m111/s1. The van der Waals surface area contributed by atoms with Gasteiger partial charge in [-0.15, -0.1) is 0 Å². The Labute approximate surface area is 715 Å². The summed E-state index contributed by atoms with van der Waals surface area (Å²) in [5.74, 6) is 0.137. The number of aliphatic hydroxyl groups is 6. The molecule has 9 unspecified atom stereocenters. The summed E-state index contributed by atoms with van der Waals surface area (Å²) in [5, 5.41) is 62.3.